The Morgan fingerprint density at radius 2 is 1.48 bits per heavy atom. The van der Waals surface area contributed by atoms with Gasteiger partial charge in [0.15, 0.2) is 0 Å². The Hall–Kier alpha value is -2.46. The maximum atomic E-state index is 12.1. The minimum Gasteiger partial charge on any atom is -0.306 e. The van der Waals surface area contributed by atoms with Crippen LogP contribution in [0.5, 0.6) is 0 Å². The molecule has 1 heterocycles. The van der Waals surface area contributed by atoms with Gasteiger partial charge in [-0.1, -0.05) is 60.7 Å². The van der Waals surface area contributed by atoms with Gasteiger partial charge in [0, 0.05) is 24.8 Å². The summed E-state index contributed by atoms with van der Waals surface area (Å²) < 4.78 is 0. The van der Waals surface area contributed by atoms with E-state index in [1.165, 1.54) is 5.56 Å². The zero-order valence-corrected chi connectivity index (χ0v) is 16.0. The first kappa shape index (κ1) is 19.3. The lowest BCUT2D eigenvalue weighted by atomic mass is 9.69. The molecule has 0 unspecified atom stereocenters. The van der Waals surface area contributed by atoms with E-state index in [-0.39, 0.29) is 17.2 Å². The van der Waals surface area contributed by atoms with Crippen LogP contribution in [0.3, 0.4) is 0 Å². The Morgan fingerprint density at radius 3 is 2.11 bits per heavy atom. The molecule has 142 valence electrons. The van der Waals surface area contributed by atoms with Crippen molar-refractivity contribution in [3.05, 3.63) is 71.8 Å². The third-order valence-corrected chi connectivity index (χ3v) is 5.48. The minimum atomic E-state index is -0.374. The van der Waals surface area contributed by atoms with Crippen LogP contribution in [0.15, 0.2) is 60.7 Å². The number of amides is 2. The molecule has 0 atom stereocenters. The van der Waals surface area contributed by atoms with E-state index >= 15 is 0 Å². The van der Waals surface area contributed by atoms with Crippen molar-refractivity contribution in [3.63, 3.8) is 0 Å². The molecule has 3 rings (SSSR count). The van der Waals surface area contributed by atoms with Gasteiger partial charge in [0.25, 0.3) is 0 Å². The summed E-state index contributed by atoms with van der Waals surface area (Å²) in [6.45, 7) is 1.96. The number of hydrogen-bond donors (Lipinski definition) is 1. The number of piperidine rings is 1. The number of likely N-dealkylation sites (N-methyl/N-ethyl adjacent to an activating group) is 1. The van der Waals surface area contributed by atoms with Crippen molar-refractivity contribution in [1.29, 1.82) is 0 Å². The molecule has 0 saturated carbocycles. The van der Waals surface area contributed by atoms with Gasteiger partial charge in [-0.2, -0.15) is 0 Å². The van der Waals surface area contributed by atoms with E-state index in [1.807, 2.05) is 36.4 Å². The number of imide groups is 1. The van der Waals surface area contributed by atoms with E-state index in [0.717, 1.165) is 37.9 Å². The van der Waals surface area contributed by atoms with E-state index < -0.39 is 0 Å². The molecule has 2 aromatic rings. The molecule has 0 bridgehead atoms. The lowest BCUT2D eigenvalue weighted by molar-refractivity contribution is -0.135. The predicted molar refractivity (Wildman–Crippen MR) is 107 cm³/mol. The summed E-state index contributed by atoms with van der Waals surface area (Å²) in [6.07, 6.45) is 3.60. The first-order valence-corrected chi connectivity index (χ1v) is 9.68. The van der Waals surface area contributed by atoms with Crippen molar-refractivity contribution >= 4 is 11.8 Å². The fraction of sp³-hybridized carbons (Fsp3) is 0.391. The highest BCUT2D eigenvalue weighted by atomic mass is 16.2. The van der Waals surface area contributed by atoms with Crippen LogP contribution in [-0.2, 0) is 21.4 Å². The number of nitrogens with one attached hydrogen (secondary N) is 1. The molecule has 1 saturated heterocycles. The number of carbonyl (C=O) groups is 2. The van der Waals surface area contributed by atoms with Gasteiger partial charge in [-0.15, -0.1) is 0 Å². The molecule has 1 aliphatic rings. The molecule has 1 N–H and O–H groups in total. The maximum absolute atomic E-state index is 12.1. The number of rotatable bonds is 8. The minimum absolute atomic E-state index is 0.160. The molecule has 1 fully saturated rings. The van der Waals surface area contributed by atoms with Crippen LogP contribution in [0.1, 0.15) is 36.8 Å². The largest absolute Gasteiger partial charge is 0.306 e. The number of nitrogens with zero attached hydrogens (tertiary/aromatic N) is 1. The van der Waals surface area contributed by atoms with Crippen LogP contribution in [0, 0.1) is 0 Å². The Kier molecular flexibility index (Phi) is 6.40. The summed E-state index contributed by atoms with van der Waals surface area (Å²) in [5.74, 6) is -0.319. The third-order valence-electron chi connectivity index (χ3n) is 5.48. The van der Waals surface area contributed by atoms with Crippen LogP contribution >= 0.6 is 0 Å². The van der Waals surface area contributed by atoms with Gasteiger partial charge in [-0.05, 0) is 44.0 Å². The van der Waals surface area contributed by atoms with E-state index in [9.17, 15) is 9.59 Å². The molecule has 0 aliphatic carbocycles. The molecule has 4 heteroatoms. The second-order valence-corrected chi connectivity index (χ2v) is 7.61. The lowest BCUT2D eigenvalue weighted by Gasteiger charge is -2.37. The second-order valence-electron chi connectivity index (χ2n) is 7.61. The fourth-order valence-corrected chi connectivity index (χ4v) is 4.00. The zero-order chi connectivity index (χ0) is 19.1. The van der Waals surface area contributed by atoms with E-state index in [4.69, 9.17) is 0 Å². The number of hydrogen-bond acceptors (Lipinski definition) is 3. The summed E-state index contributed by atoms with van der Waals surface area (Å²) >= 11 is 0. The van der Waals surface area contributed by atoms with Crippen molar-refractivity contribution in [1.82, 2.24) is 10.2 Å². The molecular weight excluding hydrogens is 336 g/mol. The second kappa shape index (κ2) is 8.96. The molecular formula is C23H28N2O2. The molecule has 2 aromatic carbocycles. The summed E-state index contributed by atoms with van der Waals surface area (Å²) in [5.41, 5.74) is 2.07. The van der Waals surface area contributed by atoms with Gasteiger partial charge in [0.2, 0.25) is 11.8 Å². The van der Waals surface area contributed by atoms with Gasteiger partial charge in [-0.3, -0.25) is 14.9 Å². The summed E-state index contributed by atoms with van der Waals surface area (Å²) in [4.78, 5) is 26.5. The Bertz CT molecular complexity index is 742. The fourth-order valence-electron chi connectivity index (χ4n) is 4.00. The van der Waals surface area contributed by atoms with E-state index in [1.54, 1.807) is 0 Å². The van der Waals surface area contributed by atoms with Crippen LogP contribution in [0.25, 0.3) is 0 Å². The number of benzene rings is 2. The Balaban J connectivity index is 1.58. The SMILES string of the molecule is CN(CCCC1(c2ccccc2)CC(=O)NC(=O)C1)CCc1ccccc1. The third kappa shape index (κ3) is 5.27. The first-order valence-electron chi connectivity index (χ1n) is 9.68. The van der Waals surface area contributed by atoms with Crippen LogP contribution < -0.4 is 5.32 Å². The molecule has 0 radical (unpaired) electrons. The average molecular weight is 364 g/mol. The average Bonchev–Trinajstić information content (AvgIpc) is 2.67. The highest BCUT2D eigenvalue weighted by Crippen LogP contribution is 2.38. The van der Waals surface area contributed by atoms with Gasteiger partial charge in [-0.25, -0.2) is 0 Å². The molecule has 0 aromatic heterocycles. The van der Waals surface area contributed by atoms with E-state index in [0.29, 0.717) is 12.8 Å². The van der Waals surface area contributed by atoms with Crippen LogP contribution in [0.4, 0.5) is 0 Å². The van der Waals surface area contributed by atoms with E-state index in [2.05, 4.69) is 41.5 Å². The molecule has 2 amide bonds. The first-order chi connectivity index (χ1) is 13.1. The van der Waals surface area contributed by atoms with Gasteiger partial charge in [0.05, 0.1) is 0 Å². The predicted octanol–water partition coefficient (Wildman–Crippen LogP) is 3.32. The Labute approximate surface area is 161 Å². The summed E-state index contributed by atoms with van der Waals surface area (Å²) in [6, 6.07) is 20.5. The van der Waals surface area contributed by atoms with Crippen LogP contribution in [0.2, 0.25) is 0 Å². The van der Waals surface area contributed by atoms with Gasteiger partial charge < -0.3 is 4.90 Å². The summed E-state index contributed by atoms with van der Waals surface area (Å²) in [7, 11) is 2.14. The maximum Gasteiger partial charge on any atom is 0.227 e. The molecule has 27 heavy (non-hydrogen) atoms. The van der Waals surface area contributed by atoms with Crippen LogP contribution in [-0.4, -0.2) is 36.9 Å². The van der Waals surface area contributed by atoms with Gasteiger partial charge in [0.1, 0.15) is 0 Å². The molecule has 1 aliphatic heterocycles. The van der Waals surface area contributed by atoms with Crippen molar-refractivity contribution < 1.29 is 9.59 Å². The number of carbonyl (C=O) groups excluding carboxylic acids is 2. The molecule has 4 nitrogen and oxygen atoms in total. The monoisotopic (exact) mass is 364 g/mol. The lowest BCUT2D eigenvalue weighted by Crippen LogP contribution is -2.47. The topological polar surface area (TPSA) is 49.4 Å². The van der Waals surface area contributed by atoms with Crippen molar-refractivity contribution in [2.45, 2.75) is 37.5 Å². The normalized spacial score (nSPS) is 16.4. The smallest absolute Gasteiger partial charge is 0.227 e. The van der Waals surface area contributed by atoms with Crippen molar-refractivity contribution in [2.24, 2.45) is 0 Å². The van der Waals surface area contributed by atoms with Crippen molar-refractivity contribution in [2.75, 3.05) is 20.1 Å². The quantitative estimate of drug-likeness (QED) is 0.731. The standard InChI is InChI=1S/C23H28N2O2/c1-25(16-13-19-9-4-2-5-10-19)15-8-14-23(20-11-6-3-7-12-20)17-21(26)24-22(27)18-23/h2-7,9-12H,8,13-18H2,1H3,(H,24,26,27). The van der Waals surface area contributed by atoms with Gasteiger partial charge >= 0.3 is 0 Å². The summed E-state index contributed by atoms with van der Waals surface area (Å²) in [5, 5.41) is 2.45. The highest BCUT2D eigenvalue weighted by Gasteiger charge is 2.40. The Morgan fingerprint density at radius 1 is 0.889 bits per heavy atom. The molecule has 0 spiro atoms. The zero-order valence-electron chi connectivity index (χ0n) is 16.0. The highest BCUT2D eigenvalue weighted by molar-refractivity contribution is 5.99. The van der Waals surface area contributed by atoms with Crippen molar-refractivity contribution in [3.8, 4) is 0 Å².